The van der Waals surface area contributed by atoms with Crippen LogP contribution in [0.25, 0.3) is 0 Å². The van der Waals surface area contributed by atoms with Crippen molar-refractivity contribution in [2.24, 2.45) is 16.0 Å². The summed E-state index contributed by atoms with van der Waals surface area (Å²) in [6.07, 6.45) is 1.27. The third kappa shape index (κ3) is 9.07. The number of amides is 1. The van der Waals surface area contributed by atoms with E-state index in [-0.39, 0.29) is 34.7 Å². The molecule has 1 aliphatic rings. The Morgan fingerprint density at radius 3 is 2.68 bits per heavy atom. The molecular weight excluding hydrogens is 583 g/mol. The molecule has 3 N–H and O–H groups in total. The zero-order valence-corrected chi connectivity index (χ0v) is 24.0. The zero-order chi connectivity index (χ0) is 30.1. The molecule has 0 saturated heterocycles. The van der Waals surface area contributed by atoms with E-state index in [1.807, 2.05) is 19.0 Å². The van der Waals surface area contributed by atoms with Gasteiger partial charge in [-0.2, -0.15) is 19.1 Å². The van der Waals surface area contributed by atoms with Gasteiger partial charge in [0.05, 0.1) is 28.9 Å². The van der Waals surface area contributed by atoms with E-state index in [4.69, 9.17) is 27.9 Å². The van der Waals surface area contributed by atoms with Gasteiger partial charge in [0, 0.05) is 24.6 Å². The summed E-state index contributed by atoms with van der Waals surface area (Å²) in [5.41, 5.74) is 1.16. The van der Waals surface area contributed by atoms with E-state index >= 15 is 0 Å². The largest absolute Gasteiger partial charge is 0.491 e. The molecule has 220 valence electrons. The lowest BCUT2D eigenvalue weighted by molar-refractivity contribution is -0.0498. The average molecular weight is 612 g/mol. The number of carboxylic acid groups (broad SMARTS) is 1. The molecule has 41 heavy (non-hydrogen) atoms. The van der Waals surface area contributed by atoms with Crippen LogP contribution in [0.15, 0.2) is 46.5 Å². The molecule has 2 aromatic carbocycles. The quantitative estimate of drug-likeness (QED) is 0.106. The van der Waals surface area contributed by atoms with Crippen molar-refractivity contribution in [3.8, 4) is 17.7 Å². The van der Waals surface area contributed by atoms with Crippen LogP contribution in [-0.4, -0.2) is 79.2 Å². The van der Waals surface area contributed by atoms with Crippen LogP contribution in [0.4, 0.5) is 19.3 Å². The molecule has 3 rings (SSSR count). The van der Waals surface area contributed by atoms with Gasteiger partial charge in [0.1, 0.15) is 17.2 Å². The van der Waals surface area contributed by atoms with Crippen LogP contribution in [0.5, 0.6) is 11.5 Å². The van der Waals surface area contributed by atoms with Crippen molar-refractivity contribution >= 4 is 46.7 Å². The molecule has 2 atom stereocenters. The molecule has 1 aliphatic heterocycles. The highest BCUT2D eigenvalue weighted by atomic mass is 35.5. The zero-order valence-electron chi connectivity index (χ0n) is 22.4. The van der Waals surface area contributed by atoms with Crippen molar-refractivity contribution in [1.82, 2.24) is 20.5 Å². The average Bonchev–Trinajstić information content (AvgIpc) is 3.34. The summed E-state index contributed by atoms with van der Waals surface area (Å²) in [5, 5.41) is 30.3. The summed E-state index contributed by atoms with van der Waals surface area (Å²) in [6.45, 7) is -0.195. The lowest BCUT2D eigenvalue weighted by atomic mass is 9.91. The van der Waals surface area contributed by atoms with E-state index in [1.165, 1.54) is 23.2 Å². The van der Waals surface area contributed by atoms with E-state index in [1.54, 1.807) is 31.3 Å². The number of hydrogen-bond donors (Lipinski definition) is 3. The van der Waals surface area contributed by atoms with Gasteiger partial charge >= 0.3 is 12.7 Å². The molecule has 0 radical (unpaired) electrons. The molecule has 0 saturated carbocycles. The monoisotopic (exact) mass is 611 g/mol. The third-order valence-electron chi connectivity index (χ3n) is 5.92. The molecule has 2 aromatic rings. The number of nitrogens with one attached hydrogen (secondary N) is 2. The molecular formula is C26H29Cl2F2N7O4. The summed E-state index contributed by atoms with van der Waals surface area (Å²) < 4.78 is 36.3. The first kappa shape index (κ1) is 31.7. The number of halogens is 4. The van der Waals surface area contributed by atoms with Gasteiger partial charge < -0.3 is 24.8 Å². The Bertz CT molecular complexity index is 1340. The number of ether oxygens (including phenoxy) is 2. The highest BCUT2D eigenvalue weighted by molar-refractivity contribution is 6.42. The van der Waals surface area contributed by atoms with Gasteiger partial charge in [-0.25, -0.2) is 14.8 Å². The number of rotatable bonds is 11. The first-order valence-electron chi connectivity index (χ1n) is 12.4. The second kappa shape index (κ2) is 14.7. The predicted octanol–water partition coefficient (Wildman–Crippen LogP) is 4.98. The number of alkyl halides is 2. The van der Waals surface area contributed by atoms with E-state index < -0.39 is 24.7 Å². The van der Waals surface area contributed by atoms with Gasteiger partial charge in [-0.3, -0.25) is 5.32 Å². The Morgan fingerprint density at radius 1 is 1.29 bits per heavy atom. The Kier molecular flexibility index (Phi) is 11.3. The van der Waals surface area contributed by atoms with Crippen LogP contribution in [0.1, 0.15) is 18.9 Å². The fourth-order valence-electron chi connectivity index (χ4n) is 4.03. The van der Waals surface area contributed by atoms with Gasteiger partial charge in [-0.05, 0) is 57.3 Å². The number of nitrogens with zero attached hydrogens (tertiary/aromatic N) is 5. The second-order valence-electron chi connectivity index (χ2n) is 9.23. The number of hydrazone groups is 1. The maximum absolute atomic E-state index is 12.9. The molecule has 0 bridgehead atoms. The van der Waals surface area contributed by atoms with Crippen molar-refractivity contribution in [3.05, 3.63) is 52.0 Å². The Hall–Kier alpha value is -3.86. The van der Waals surface area contributed by atoms with Crippen molar-refractivity contribution in [3.63, 3.8) is 0 Å². The summed E-state index contributed by atoms with van der Waals surface area (Å²) in [5.74, 6) is -0.436. The molecule has 2 unspecified atom stereocenters. The third-order valence-corrected chi connectivity index (χ3v) is 6.66. The number of nitriles is 1. The van der Waals surface area contributed by atoms with Crippen LogP contribution in [0, 0.1) is 17.4 Å². The summed E-state index contributed by atoms with van der Waals surface area (Å²) in [6, 6.07) is 8.32. The lowest BCUT2D eigenvalue weighted by Crippen LogP contribution is -2.43. The molecule has 0 aromatic heterocycles. The minimum absolute atomic E-state index is 0.0533. The summed E-state index contributed by atoms with van der Waals surface area (Å²) in [7, 11) is 3.85. The van der Waals surface area contributed by atoms with Crippen LogP contribution in [-0.2, 0) is 0 Å². The topological polar surface area (TPSA) is 135 Å². The number of carbonyl (C=O) groups is 1. The highest BCUT2D eigenvalue weighted by Crippen LogP contribution is 2.34. The minimum atomic E-state index is -3.06. The van der Waals surface area contributed by atoms with E-state index in [9.17, 15) is 23.9 Å². The summed E-state index contributed by atoms with van der Waals surface area (Å²) in [4.78, 5) is 17.9. The molecule has 0 aliphatic carbocycles. The molecule has 1 heterocycles. The van der Waals surface area contributed by atoms with Crippen LogP contribution < -0.4 is 20.1 Å². The second-order valence-corrected chi connectivity index (χ2v) is 10.0. The number of aliphatic imine (C=N–C) groups is 1. The van der Waals surface area contributed by atoms with Crippen molar-refractivity contribution in [2.75, 3.05) is 33.8 Å². The Balaban J connectivity index is 2.03. The van der Waals surface area contributed by atoms with Gasteiger partial charge in [-0.1, -0.05) is 29.3 Å². The highest BCUT2D eigenvalue weighted by Gasteiger charge is 2.35. The smallest absolute Gasteiger partial charge is 0.404 e. The minimum Gasteiger partial charge on any atom is -0.491 e. The molecule has 0 fully saturated rings. The van der Waals surface area contributed by atoms with Gasteiger partial charge in [0.2, 0.25) is 5.96 Å². The first-order chi connectivity index (χ1) is 19.5. The van der Waals surface area contributed by atoms with Crippen LogP contribution in [0.3, 0.4) is 0 Å². The van der Waals surface area contributed by atoms with Crippen molar-refractivity contribution in [2.45, 2.75) is 26.0 Å². The van der Waals surface area contributed by atoms with E-state index in [2.05, 4.69) is 25.5 Å². The summed E-state index contributed by atoms with van der Waals surface area (Å²) >= 11 is 12.3. The molecule has 1 amide bonds. The van der Waals surface area contributed by atoms with Crippen LogP contribution >= 0.6 is 23.2 Å². The Labute approximate surface area is 245 Å². The molecule has 15 heteroatoms. The lowest BCUT2D eigenvalue weighted by Gasteiger charge is -2.22. The number of guanidine groups is 1. The fraction of sp³-hybridized carbons (Fsp3) is 0.385. The van der Waals surface area contributed by atoms with Crippen molar-refractivity contribution in [1.29, 1.82) is 5.26 Å². The maximum atomic E-state index is 12.9. The molecule has 11 nitrogen and oxygen atoms in total. The van der Waals surface area contributed by atoms with Gasteiger partial charge in [-0.15, -0.1) is 0 Å². The van der Waals surface area contributed by atoms with E-state index in [0.29, 0.717) is 29.3 Å². The normalized spacial score (nSPS) is 15.9. The van der Waals surface area contributed by atoms with Crippen molar-refractivity contribution < 1.29 is 28.2 Å². The number of benzene rings is 2. The SMILES string of the molecule is CC(NC(=O)O)C1CN(C(=Nc2cc(OC(F)F)ccc2OCCCN(C)C)NC#N)N=C1c1ccc(Cl)c(Cl)c1. The predicted molar refractivity (Wildman–Crippen MR) is 151 cm³/mol. The molecule has 0 spiro atoms. The number of hydrogen-bond acceptors (Lipinski definition) is 7. The Morgan fingerprint density at radius 2 is 2.05 bits per heavy atom. The van der Waals surface area contributed by atoms with Gasteiger partial charge in [0.25, 0.3) is 0 Å². The van der Waals surface area contributed by atoms with Crippen LogP contribution in [0.2, 0.25) is 10.0 Å². The standard InChI is InChI=1S/C26H29Cl2F2N7O4/c1-15(33-26(38)39)18-13-37(35-23(18)16-5-7-19(27)20(28)11-16)25(32-14-31)34-21-12-17(41-24(29)30)6-8-22(21)40-10-4-9-36(2)3/h5-8,11-12,15,18,24,33H,4,9-10,13H2,1-3H3,(H,32,34)(H,38,39). The van der Waals surface area contributed by atoms with E-state index in [0.717, 1.165) is 6.54 Å². The van der Waals surface area contributed by atoms with Gasteiger partial charge in [0.15, 0.2) is 6.19 Å². The maximum Gasteiger partial charge on any atom is 0.404 e. The fourth-order valence-corrected chi connectivity index (χ4v) is 4.33. The first-order valence-corrected chi connectivity index (χ1v) is 13.1.